The summed E-state index contributed by atoms with van der Waals surface area (Å²) >= 11 is 0. The molecule has 1 atom stereocenters. The topological polar surface area (TPSA) is 54.0 Å². The number of benzene rings is 2. The Morgan fingerprint density at radius 3 is 1.83 bits per heavy atom. The van der Waals surface area contributed by atoms with Crippen molar-refractivity contribution in [3.63, 3.8) is 0 Å². The molecule has 0 radical (unpaired) electrons. The Kier molecular flexibility index (Phi) is 9.30. The number of ether oxygens (including phenoxy) is 4. The first kappa shape index (κ1) is 26.4. The number of methoxy groups -OCH3 is 2. The number of carbonyl (C=O) groups is 1. The summed E-state index contributed by atoms with van der Waals surface area (Å²) < 4.78 is 22.9. The third-order valence-corrected chi connectivity index (χ3v) is 4.86. The van der Waals surface area contributed by atoms with E-state index in [1.807, 2.05) is 59.7 Å². The Bertz CT molecular complexity index is 853. The average Bonchev–Trinajstić information content (AvgIpc) is 2.60. The maximum atomic E-state index is 13.2. The molecule has 0 aromatic heterocycles. The van der Waals surface area contributed by atoms with Crippen LogP contribution in [0.5, 0.6) is 23.0 Å². The fraction of sp³-hybridized carbons (Fsp3) is 0.435. The van der Waals surface area contributed by atoms with Crippen molar-refractivity contribution in [3.05, 3.63) is 42.0 Å². The first-order valence-corrected chi connectivity index (χ1v) is 10.5. The molecule has 0 fully saturated rings. The maximum absolute atomic E-state index is 13.2. The van der Waals surface area contributed by atoms with Gasteiger partial charge in [0.25, 0.3) is 0 Å². The number of hydrogen-bond acceptors (Lipinski definition) is 5. The first-order chi connectivity index (χ1) is 13.4. The van der Waals surface area contributed by atoms with Crippen LogP contribution < -0.4 is 43.1 Å². The molecule has 0 bridgehead atoms. The molecule has 30 heavy (non-hydrogen) atoms. The molecule has 2 aromatic carbocycles. The van der Waals surface area contributed by atoms with E-state index < -0.39 is 5.60 Å². The van der Waals surface area contributed by atoms with Crippen molar-refractivity contribution in [3.8, 4) is 23.0 Å². The van der Waals surface area contributed by atoms with Crippen molar-refractivity contribution in [1.29, 1.82) is 0 Å². The molecular formula is C23H32LiO5P. The van der Waals surface area contributed by atoms with Crippen LogP contribution >= 0.6 is 8.58 Å². The van der Waals surface area contributed by atoms with E-state index >= 15 is 0 Å². The fourth-order valence-corrected chi connectivity index (χ4v) is 3.73. The SMILES string of the molecule is COc1cccc(OC)c1C(=O)Pc1ccc(OC(C)(C)C)cc1OC(C)(C)C.[H-].[Li+]. The Labute approximate surface area is 195 Å². The molecule has 0 heterocycles. The molecule has 0 amide bonds. The van der Waals surface area contributed by atoms with Gasteiger partial charge in [-0.3, -0.25) is 4.79 Å². The minimum Gasteiger partial charge on any atom is -1.00 e. The van der Waals surface area contributed by atoms with Gasteiger partial charge in [0.1, 0.15) is 39.8 Å². The predicted molar refractivity (Wildman–Crippen MR) is 120 cm³/mol. The number of carbonyl (C=O) groups excluding carboxylic acids is 1. The molecule has 0 saturated heterocycles. The summed E-state index contributed by atoms with van der Waals surface area (Å²) in [5.41, 5.74) is -0.385. The number of rotatable bonds is 7. The number of hydrogen-bond donors (Lipinski definition) is 0. The van der Waals surface area contributed by atoms with Gasteiger partial charge in [-0.25, -0.2) is 0 Å². The van der Waals surface area contributed by atoms with Crippen LogP contribution in [0.2, 0.25) is 0 Å². The van der Waals surface area contributed by atoms with Gasteiger partial charge in [-0.2, -0.15) is 0 Å². The van der Waals surface area contributed by atoms with Crippen LogP contribution in [0.15, 0.2) is 36.4 Å². The quantitative estimate of drug-likeness (QED) is 0.503. The molecule has 0 aliphatic carbocycles. The van der Waals surface area contributed by atoms with E-state index in [4.69, 9.17) is 18.9 Å². The Balaban J connectivity index is 0.00000450. The van der Waals surface area contributed by atoms with Crippen LogP contribution in [-0.4, -0.2) is 30.9 Å². The second kappa shape index (κ2) is 10.6. The molecule has 0 aliphatic heterocycles. The Morgan fingerprint density at radius 2 is 1.37 bits per heavy atom. The summed E-state index contributed by atoms with van der Waals surface area (Å²) in [6.07, 6.45) is 0. The monoisotopic (exact) mass is 426 g/mol. The van der Waals surface area contributed by atoms with E-state index in [1.54, 1.807) is 32.4 Å². The maximum Gasteiger partial charge on any atom is 1.00 e. The van der Waals surface area contributed by atoms with Gasteiger partial charge in [-0.15, -0.1) is 0 Å². The van der Waals surface area contributed by atoms with Gasteiger partial charge in [0, 0.05) is 11.4 Å². The summed E-state index contributed by atoms with van der Waals surface area (Å²) in [6.45, 7) is 11.9. The van der Waals surface area contributed by atoms with Gasteiger partial charge in [-0.1, -0.05) is 6.07 Å². The van der Waals surface area contributed by atoms with Crippen LogP contribution in [0.3, 0.4) is 0 Å². The van der Waals surface area contributed by atoms with E-state index in [0.29, 0.717) is 28.6 Å². The summed E-state index contributed by atoms with van der Waals surface area (Å²) in [7, 11) is 2.93. The molecule has 160 valence electrons. The standard InChI is InChI=1S/C23H31O5P.Li.H/c1-22(2,3)27-15-12-13-19(18(14-15)28-23(4,5)6)29-21(24)20-16(25-7)10-9-11-17(20)26-8;;/h9-14,29H,1-8H3;;/q;+1;-1. The van der Waals surface area contributed by atoms with Gasteiger partial charge in [0.05, 0.1) is 14.2 Å². The van der Waals surface area contributed by atoms with Crippen molar-refractivity contribution in [1.82, 2.24) is 0 Å². The van der Waals surface area contributed by atoms with Gasteiger partial charge in [0.2, 0.25) is 0 Å². The van der Waals surface area contributed by atoms with Crippen molar-refractivity contribution >= 4 is 19.4 Å². The first-order valence-electron chi connectivity index (χ1n) is 9.48. The van der Waals surface area contributed by atoms with Crippen molar-refractivity contribution in [2.24, 2.45) is 0 Å². The zero-order chi connectivity index (χ0) is 21.8. The minimum atomic E-state index is -0.412. The molecule has 0 saturated carbocycles. The molecule has 0 N–H and O–H groups in total. The van der Waals surface area contributed by atoms with Crippen molar-refractivity contribution in [2.75, 3.05) is 14.2 Å². The molecule has 2 aromatic rings. The summed E-state index contributed by atoms with van der Waals surface area (Å²) in [6, 6.07) is 10.9. The normalized spacial score (nSPS) is 11.7. The third kappa shape index (κ3) is 7.55. The molecule has 2 rings (SSSR count). The van der Waals surface area contributed by atoms with Crippen LogP contribution in [0.1, 0.15) is 53.3 Å². The minimum absolute atomic E-state index is 0. The Morgan fingerprint density at radius 1 is 0.833 bits per heavy atom. The van der Waals surface area contributed by atoms with E-state index in [2.05, 4.69) is 0 Å². The smallest absolute Gasteiger partial charge is 1.00 e. The fourth-order valence-electron chi connectivity index (χ4n) is 2.70. The van der Waals surface area contributed by atoms with Crippen molar-refractivity contribution in [2.45, 2.75) is 52.7 Å². The van der Waals surface area contributed by atoms with E-state index in [0.717, 1.165) is 5.30 Å². The van der Waals surface area contributed by atoms with Gasteiger partial charge < -0.3 is 20.4 Å². The van der Waals surface area contributed by atoms with Crippen LogP contribution in [-0.2, 0) is 0 Å². The molecule has 0 spiro atoms. The van der Waals surface area contributed by atoms with E-state index in [-0.39, 0.29) is 40.0 Å². The van der Waals surface area contributed by atoms with Crippen LogP contribution in [0.25, 0.3) is 0 Å². The third-order valence-electron chi connectivity index (χ3n) is 3.70. The van der Waals surface area contributed by atoms with Crippen LogP contribution in [0, 0.1) is 0 Å². The average molecular weight is 426 g/mol. The van der Waals surface area contributed by atoms with Gasteiger partial charge in [0.15, 0.2) is 5.52 Å². The second-order valence-corrected chi connectivity index (χ2v) is 9.82. The zero-order valence-corrected chi connectivity index (χ0v) is 20.5. The van der Waals surface area contributed by atoms with E-state index in [1.165, 1.54) is 0 Å². The van der Waals surface area contributed by atoms with Gasteiger partial charge in [-0.05, 0) is 74.4 Å². The van der Waals surface area contributed by atoms with E-state index in [9.17, 15) is 4.79 Å². The predicted octanol–water partition coefficient (Wildman–Crippen LogP) is 2.32. The Hall–Kier alpha value is -1.66. The summed E-state index contributed by atoms with van der Waals surface area (Å²) in [4.78, 5) is 13.2. The summed E-state index contributed by atoms with van der Waals surface area (Å²) in [5, 5.41) is 0.805. The zero-order valence-electron chi connectivity index (χ0n) is 20.5. The molecule has 0 aliphatic rings. The molecule has 7 heteroatoms. The second-order valence-electron chi connectivity index (χ2n) is 8.58. The van der Waals surface area contributed by atoms with Crippen molar-refractivity contribution < 1.29 is 44.0 Å². The van der Waals surface area contributed by atoms with Crippen LogP contribution in [0.4, 0.5) is 0 Å². The summed E-state index contributed by atoms with van der Waals surface area (Å²) in [5.74, 6) is 2.33. The molecule has 5 nitrogen and oxygen atoms in total. The van der Waals surface area contributed by atoms with Gasteiger partial charge >= 0.3 is 18.9 Å². The molecule has 1 unspecified atom stereocenters. The largest absolute Gasteiger partial charge is 1.00 e. The molecular weight excluding hydrogens is 394 g/mol.